The molecule has 138 valence electrons. The maximum atomic E-state index is 13.6. The molecular formula is C17H18F2N4O3. The first-order valence-electron chi connectivity index (χ1n) is 8.12. The third kappa shape index (κ3) is 3.57. The lowest BCUT2D eigenvalue weighted by Gasteiger charge is -2.08. The molecule has 0 spiro atoms. The van der Waals surface area contributed by atoms with Gasteiger partial charge < -0.3 is 19.9 Å². The maximum Gasteiger partial charge on any atom is 0.272 e. The largest absolute Gasteiger partial charge is 0.375 e. The molecule has 0 radical (unpaired) electrons. The second kappa shape index (κ2) is 7.61. The SMILES string of the molecule is CNC(=O)CNC(=O)c1nc(-c2ccc(F)c(F)c2)n2c1COCCC2. The molecule has 26 heavy (non-hydrogen) atoms. The van der Waals surface area contributed by atoms with Crippen molar-refractivity contribution in [3.05, 3.63) is 41.2 Å². The number of carbonyl (C=O) groups excluding carboxylic acids is 2. The van der Waals surface area contributed by atoms with Crippen LogP contribution >= 0.6 is 0 Å². The number of carbonyl (C=O) groups is 2. The van der Waals surface area contributed by atoms with Crippen LogP contribution < -0.4 is 10.6 Å². The van der Waals surface area contributed by atoms with Gasteiger partial charge in [-0.2, -0.15) is 0 Å². The molecule has 0 aliphatic carbocycles. The molecule has 0 saturated heterocycles. The fourth-order valence-electron chi connectivity index (χ4n) is 2.74. The van der Waals surface area contributed by atoms with E-state index in [0.29, 0.717) is 36.7 Å². The van der Waals surface area contributed by atoms with Crippen LogP contribution in [0.4, 0.5) is 8.78 Å². The molecule has 0 saturated carbocycles. The highest BCUT2D eigenvalue weighted by atomic mass is 19.2. The van der Waals surface area contributed by atoms with Crippen molar-refractivity contribution < 1.29 is 23.1 Å². The van der Waals surface area contributed by atoms with Crippen molar-refractivity contribution in [2.24, 2.45) is 0 Å². The number of fused-ring (bicyclic) bond motifs is 1. The summed E-state index contributed by atoms with van der Waals surface area (Å²) < 4.78 is 34.1. The Morgan fingerprint density at radius 2 is 2.12 bits per heavy atom. The molecule has 0 unspecified atom stereocenters. The molecule has 0 fully saturated rings. The summed E-state index contributed by atoms with van der Waals surface area (Å²) in [6, 6.07) is 3.47. The van der Waals surface area contributed by atoms with Gasteiger partial charge in [0.25, 0.3) is 5.91 Å². The Morgan fingerprint density at radius 1 is 1.31 bits per heavy atom. The molecule has 3 rings (SSSR count). The van der Waals surface area contributed by atoms with Crippen molar-refractivity contribution in [3.63, 3.8) is 0 Å². The number of amides is 2. The molecule has 1 aliphatic heterocycles. The van der Waals surface area contributed by atoms with E-state index in [4.69, 9.17) is 4.74 Å². The number of hydrogen-bond donors (Lipinski definition) is 2. The molecule has 2 amide bonds. The average Bonchev–Trinajstić information content (AvgIpc) is 2.83. The van der Waals surface area contributed by atoms with Crippen molar-refractivity contribution in [2.45, 2.75) is 19.6 Å². The second-order valence-electron chi connectivity index (χ2n) is 5.77. The second-order valence-corrected chi connectivity index (χ2v) is 5.77. The molecule has 0 bridgehead atoms. The quantitative estimate of drug-likeness (QED) is 0.854. The van der Waals surface area contributed by atoms with Gasteiger partial charge in [-0.3, -0.25) is 9.59 Å². The van der Waals surface area contributed by atoms with E-state index in [2.05, 4.69) is 15.6 Å². The summed E-state index contributed by atoms with van der Waals surface area (Å²) in [5, 5.41) is 4.89. The Morgan fingerprint density at radius 3 is 2.85 bits per heavy atom. The van der Waals surface area contributed by atoms with E-state index < -0.39 is 17.5 Å². The first kappa shape index (κ1) is 18.0. The van der Waals surface area contributed by atoms with Crippen molar-refractivity contribution in [3.8, 4) is 11.4 Å². The fourth-order valence-corrected chi connectivity index (χ4v) is 2.74. The van der Waals surface area contributed by atoms with Gasteiger partial charge in [0.15, 0.2) is 17.3 Å². The third-order valence-electron chi connectivity index (χ3n) is 4.06. The Hall–Kier alpha value is -2.81. The molecule has 9 heteroatoms. The van der Waals surface area contributed by atoms with Crippen LogP contribution in [0.2, 0.25) is 0 Å². The first-order chi connectivity index (χ1) is 12.5. The maximum absolute atomic E-state index is 13.6. The smallest absolute Gasteiger partial charge is 0.272 e. The standard InChI is InChI=1S/C17H18F2N4O3/c1-20-14(24)8-21-17(25)15-13-9-26-6-2-5-23(13)16(22-15)10-3-4-11(18)12(19)7-10/h3-4,7H,2,5-6,8-9H2,1H3,(H,20,24)(H,21,25). The Kier molecular flexibility index (Phi) is 5.27. The number of ether oxygens (including phenoxy) is 1. The number of nitrogens with zero attached hydrogens (tertiary/aromatic N) is 2. The first-order valence-corrected chi connectivity index (χ1v) is 8.12. The van der Waals surface area contributed by atoms with E-state index in [9.17, 15) is 18.4 Å². The fraction of sp³-hybridized carbons (Fsp3) is 0.353. The summed E-state index contributed by atoms with van der Waals surface area (Å²) in [7, 11) is 1.46. The van der Waals surface area contributed by atoms with Crippen LogP contribution in [0.1, 0.15) is 22.6 Å². The number of rotatable bonds is 4. The summed E-state index contributed by atoms with van der Waals surface area (Å²) in [5.41, 5.74) is 1.00. The topological polar surface area (TPSA) is 85.3 Å². The van der Waals surface area contributed by atoms with Crippen LogP contribution in [-0.4, -0.2) is 41.6 Å². The predicted molar refractivity (Wildman–Crippen MR) is 88.3 cm³/mol. The minimum Gasteiger partial charge on any atom is -0.375 e. The van der Waals surface area contributed by atoms with Gasteiger partial charge >= 0.3 is 0 Å². The van der Waals surface area contributed by atoms with Crippen LogP contribution in [0, 0.1) is 11.6 Å². The summed E-state index contributed by atoms with van der Waals surface area (Å²) in [4.78, 5) is 28.1. The molecule has 2 aromatic rings. The Balaban J connectivity index is 2.00. The van der Waals surface area contributed by atoms with Crippen LogP contribution in [0.15, 0.2) is 18.2 Å². The summed E-state index contributed by atoms with van der Waals surface area (Å²) in [6.07, 6.45) is 0.694. The van der Waals surface area contributed by atoms with E-state index in [1.807, 2.05) is 0 Å². The van der Waals surface area contributed by atoms with Gasteiger partial charge in [-0.25, -0.2) is 13.8 Å². The molecule has 1 aromatic carbocycles. The van der Waals surface area contributed by atoms with E-state index in [0.717, 1.165) is 12.1 Å². The van der Waals surface area contributed by atoms with Crippen LogP contribution in [0.5, 0.6) is 0 Å². The minimum absolute atomic E-state index is 0.107. The van der Waals surface area contributed by atoms with E-state index in [1.165, 1.54) is 13.1 Å². The molecule has 7 nitrogen and oxygen atoms in total. The van der Waals surface area contributed by atoms with Gasteiger partial charge in [0.1, 0.15) is 5.82 Å². The molecule has 1 aromatic heterocycles. The van der Waals surface area contributed by atoms with Crippen LogP contribution in [0.25, 0.3) is 11.4 Å². The van der Waals surface area contributed by atoms with Crippen molar-refractivity contribution in [1.82, 2.24) is 20.2 Å². The summed E-state index contributed by atoms with van der Waals surface area (Å²) in [5.74, 6) is -2.47. The van der Waals surface area contributed by atoms with Crippen LogP contribution in [0.3, 0.4) is 0 Å². The number of likely N-dealkylation sites (N-methyl/N-ethyl adjacent to an activating group) is 1. The molecular weight excluding hydrogens is 346 g/mol. The number of aromatic nitrogens is 2. The number of imidazole rings is 1. The molecule has 2 N–H and O–H groups in total. The predicted octanol–water partition coefficient (Wildman–Crippen LogP) is 1.22. The number of nitrogens with one attached hydrogen (secondary N) is 2. The highest BCUT2D eigenvalue weighted by Gasteiger charge is 2.25. The van der Waals surface area contributed by atoms with Crippen molar-refractivity contribution in [2.75, 3.05) is 20.2 Å². The number of hydrogen-bond acceptors (Lipinski definition) is 4. The van der Waals surface area contributed by atoms with E-state index in [1.54, 1.807) is 4.57 Å². The Bertz CT molecular complexity index is 851. The Labute approximate surface area is 148 Å². The lowest BCUT2D eigenvalue weighted by molar-refractivity contribution is -0.119. The zero-order valence-electron chi connectivity index (χ0n) is 14.1. The van der Waals surface area contributed by atoms with Gasteiger partial charge in [0.2, 0.25) is 5.91 Å². The zero-order valence-corrected chi connectivity index (χ0v) is 14.1. The molecule has 0 atom stereocenters. The van der Waals surface area contributed by atoms with Gasteiger partial charge in [0.05, 0.1) is 18.8 Å². The van der Waals surface area contributed by atoms with Crippen molar-refractivity contribution in [1.29, 1.82) is 0 Å². The van der Waals surface area contributed by atoms with Gasteiger partial charge in [0, 0.05) is 25.8 Å². The van der Waals surface area contributed by atoms with E-state index in [-0.39, 0.29) is 24.8 Å². The summed E-state index contributed by atoms with van der Waals surface area (Å²) in [6.45, 7) is 1.01. The average molecular weight is 364 g/mol. The summed E-state index contributed by atoms with van der Waals surface area (Å²) >= 11 is 0. The lowest BCUT2D eigenvalue weighted by Crippen LogP contribution is -2.35. The minimum atomic E-state index is -0.990. The zero-order chi connectivity index (χ0) is 18.7. The van der Waals surface area contributed by atoms with Gasteiger partial charge in [-0.15, -0.1) is 0 Å². The van der Waals surface area contributed by atoms with Gasteiger partial charge in [-0.05, 0) is 24.6 Å². The number of benzene rings is 1. The van der Waals surface area contributed by atoms with E-state index >= 15 is 0 Å². The van der Waals surface area contributed by atoms with Crippen LogP contribution in [-0.2, 0) is 22.7 Å². The third-order valence-corrected chi connectivity index (χ3v) is 4.06. The normalized spacial score (nSPS) is 13.7. The molecule has 2 heterocycles. The number of halogens is 2. The highest BCUT2D eigenvalue weighted by Crippen LogP contribution is 2.26. The lowest BCUT2D eigenvalue weighted by atomic mass is 10.2. The van der Waals surface area contributed by atoms with Gasteiger partial charge in [-0.1, -0.05) is 0 Å². The molecule has 1 aliphatic rings. The highest BCUT2D eigenvalue weighted by molar-refractivity contribution is 5.96. The monoisotopic (exact) mass is 364 g/mol. The van der Waals surface area contributed by atoms with Crippen molar-refractivity contribution >= 4 is 11.8 Å².